The van der Waals surface area contributed by atoms with E-state index in [1.807, 2.05) is 0 Å². The summed E-state index contributed by atoms with van der Waals surface area (Å²) in [4.78, 5) is 47.4. The van der Waals surface area contributed by atoms with Gasteiger partial charge < -0.3 is 19.5 Å². The van der Waals surface area contributed by atoms with Crippen molar-refractivity contribution in [1.82, 2.24) is 0 Å². The highest BCUT2D eigenvalue weighted by atomic mass is 16.5. The third kappa shape index (κ3) is 5.16. The summed E-state index contributed by atoms with van der Waals surface area (Å²) in [5, 5.41) is 2.54. The molecule has 0 aliphatic rings. The van der Waals surface area contributed by atoms with E-state index in [4.69, 9.17) is 4.74 Å². The average Bonchev–Trinajstić information content (AvgIpc) is 2.70. The van der Waals surface area contributed by atoms with Gasteiger partial charge in [-0.1, -0.05) is 12.1 Å². The standard InChI is InChI=1S/C20H19NO7/c1-12(22)16-6-4-5-7-17(16)28-11-18(23)21-15-9-13(19(24)26-2)8-14(10-15)20(25)27-3/h4-10H,11H2,1-3H3,(H,21,23). The first-order chi connectivity index (χ1) is 13.3. The minimum absolute atomic E-state index is 0.0727. The van der Waals surface area contributed by atoms with Gasteiger partial charge in [0.1, 0.15) is 5.75 Å². The van der Waals surface area contributed by atoms with Crippen LogP contribution >= 0.6 is 0 Å². The number of hydrogen-bond donors (Lipinski definition) is 1. The molecule has 0 aliphatic carbocycles. The van der Waals surface area contributed by atoms with Gasteiger partial charge in [-0.05, 0) is 37.3 Å². The van der Waals surface area contributed by atoms with Crippen molar-refractivity contribution in [3.05, 3.63) is 59.2 Å². The van der Waals surface area contributed by atoms with Gasteiger partial charge in [0.2, 0.25) is 0 Å². The molecule has 28 heavy (non-hydrogen) atoms. The Morgan fingerprint density at radius 2 is 1.46 bits per heavy atom. The van der Waals surface area contributed by atoms with Gasteiger partial charge in [0.15, 0.2) is 12.4 Å². The zero-order valence-corrected chi connectivity index (χ0v) is 15.6. The third-order valence-corrected chi connectivity index (χ3v) is 3.68. The monoisotopic (exact) mass is 385 g/mol. The molecule has 0 saturated carbocycles. The normalized spacial score (nSPS) is 9.96. The van der Waals surface area contributed by atoms with Gasteiger partial charge in [-0.15, -0.1) is 0 Å². The van der Waals surface area contributed by atoms with Crippen LogP contribution in [0.25, 0.3) is 0 Å². The van der Waals surface area contributed by atoms with Gasteiger partial charge in [-0.25, -0.2) is 9.59 Å². The zero-order valence-electron chi connectivity index (χ0n) is 15.6. The van der Waals surface area contributed by atoms with Crippen molar-refractivity contribution in [2.24, 2.45) is 0 Å². The summed E-state index contributed by atoms with van der Waals surface area (Å²) in [6.45, 7) is 1.02. The van der Waals surface area contributed by atoms with Crippen LogP contribution in [-0.2, 0) is 14.3 Å². The van der Waals surface area contributed by atoms with Crippen LogP contribution < -0.4 is 10.1 Å². The lowest BCUT2D eigenvalue weighted by Crippen LogP contribution is -2.21. The summed E-state index contributed by atoms with van der Waals surface area (Å²) in [6, 6.07) is 10.6. The highest BCUT2D eigenvalue weighted by Crippen LogP contribution is 2.19. The first-order valence-electron chi connectivity index (χ1n) is 8.20. The summed E-state index contributed by atoms with van der Waals surface area (Å²) >= 11 is 0. The molecular formula is C20H19NO7. The number of Topliss-reactive ketones (excluding diaryl/α,β-unsaturated/α-hetero) is 1. The number of carbonyl (C=O) groups excluding carboxylic acids is 4. The van der Waals surface area contributed by atoms with Gasteiger partial charge >= 0.3 is 11.9 Å². The van der Waals surface area contributed by atoms with Crippen molar-refractivity contribution in [3.63, 3.8) is 0 Å². The van der Waals surface area contributed by atoms with E-state index in [1.54, 1.807) is 24.3 Å². The summed E-state index contributed by atoms with van der Waals surface area (Å²) in [5.74, 6) is -1.80. The van der Waals surface area contributed by atoms with E-state index in [-0.39, 0.29) is 35.0 Å². The van der Waals surface area contributed by atoms with E-state index in [0.717, 1.165) is 0 Å². The Morgan fingerprint density at radius 3 is 2.00 bits per heavy atom. The maximum atomic E-state index is 12.2. The molecule has 0 fully saturated rings. The Bertz CT molecular complexity index is 886. The van der Waals surface area contributed by atoms with E-state index in [1.165, 1.54) is 39.3 Å². The largest absolute Gasteiger partial charge is 0.483 e. The maximum absolute atomic E-state index is 12.2. The first kappa shape index (κ1) is 20.6. The fourth-order valence-electron chi connectivity index (χ4n) is 2.39. The second-order valence-corrected chi connectivity index (χ2v) is 5.67. The highest BCUT2D eigenvalue weighted by Gasteiger charge is 2.16. The second-order valence-electron chi connectivity index (χ2n) is 5.67. The number of carbonyl (C=O) groups is 4. The Labute approximate surface area is 161 Å². The molecule has 0 unspecified atom stereocenters. The smallest absolute Gasteiger partial charge is 0.337 e. The van der Waals surface area contributed by atoms with Gasteiger partial charge in [0.25, 0.3) is 5.91 Å². The number of esters is 2. The van der Waals surface area contributed by atoms with Gasteiger partial charge in [0, 0.05) is 5.69 Å². The van der Waals surface area contributed by atoms with Gasteiger partial charge in [-0.2, -0.15) is 0 Å². The van der Waals surface area contributed by atoms with Crippen molar-refractivity contribution in [3.8, 4) is 5.75 Å². The van der Waals surface area contributed by atoms with Crippen LogP contribution in [0, 0.1) is 0 Å². The van der Waals surface area contributed by atoms with Crippen LogP contribution in [0.1, 0.15) is 38.0 Å². The van der Waals surface area contributed by atoms with E-state index >= 15 is 0 Å². The molecule has 0 spiro atoms. The summed E-state index contributed by atoms with van der Waals surface area (Å²) in [7, 11) is 2.40. The number of ketones is 1. The van der Waals surface area contributed by atoms with Crippen molar-refractivity contribution in [2.45, 2.75) is 6.92 Å². The number of methoxy groups -OCH3 is 2. The quantitative estimate of drug-likeness (QED) is 0.576. The molecule has 0 radical (unpaired) electrons. The summed E-state index contributed by atoms with van der Waals surface area (Å²) in [5.41, 5.74) is 0.694. The number of nitrogens with one attached hydrogen (secondary N) is 1. The fraction of sp³-hybridized carbons (Fsp3) is 0.200. The number of amides is 1. The molecule has 146 valence electrons. The van der Waals surface area contributed by atoms with Crippen molar-refractivity contribution in [1.29, 1.82) is 0 Å². The number of benzene rings is 2. The molecule has 2 aromatic carbocycles. The molecule has 0 aromatic heterocycles. The lowest BCUT2D eigenvalue weighted by Gasteiger charge is -2.11. The number of rotatable bonds is 7. The maximum Gasteiger partial charge on any atom is 0.337 e. The van der Waals surface area contributed by atoms with Crippen LogP contribution in [0.15, 0.2) is 42.5 Å². The van der Waals surface area contributed by atoms with Gasteiger partial charge in [0.05, 0.1) is 30.9 Å². The fourth-order valence-corrected chi connectivity index (χ4v) is 2.39. The van der Waals surface area contributed by atoms with Crippen molar-refractivity contribution < 1.29 is 33.4 Å². The van der Waals surface area contributed by atoms with Crippen LogP contribution in [-0.4, -0.2) is 44.5 Å². The van der Waals surface area contributed by atoms with Crippen molar-refractivity contribution >= 4 is 29.3 Å². The minimum atomic E-state index is -0.673. The number of para-hydroxylation sites is 1. The summed E-state index contributed by atoms with van der Waals surface area (Å²) in [6.07, 6.45) is 0. The molecule has 8 nitrogen and oxygen atoms in total. The number of hydrogen-bond acceptors (Lipinski definition) is 7. The SMILES string of the molecule is COC(=O)c1cc(NC(=O)COc2ccccc2C(C)=O)cc(C(=O)OC)c1. The molecule has 1 N–H and O–H groups in total. The lowest BCUT2D eigenvalue weighted by molar-refractivity contribution is -0.118. The Hall–Kier alpha value is -3.68. The van der Waals surface area contributed by atoms with Crippen LogP contribution in [0.5, 0.6) is 5.75 Å². The minimum Gasteiger partial charge on any atom is -0.483 e. The molecule has 0 atom stereocenters. The van der Waals surface area contributed by atoms with Crippen LogP contribution in [0.3, 0.4) is 0 Å². The van der Waals surface area contributed by atoms with E-state index < -0.39 is 17.8 Å². The first-order valence-corrected chi connectivity index (χ1v) is 8.20. The second kappa shape index (κ2) is 9.31. The molecule has 0 aliphatic heterocycles. The summed E-state index contributed by atoms with van der Waals surface area (Å²) < 4.78 is 14.7. The Kier molecular flexibility index (Phi) is 6.86. The van der Waals surface area contributed by atoms with Crippen LogP contribution in [0.4, 0.5) is 5.69 Å². The predicted octanol–water partition coefficient (Wildman–Crippen LogP) is 2.48. The molecule has 2 rings (SSSR count). The molecule has 0 heterocycles. The zero-order chi connectivity index (χ0) is 20.7. The van der Waals surface area contributed by atoms with Gasteiger partial charge in [-0.3, -0.25) is 9.59 Å². The highest BCUT2D eigenvalue weighted by molar-refractivity contribution is 6.00. The van der Waals surface area contributed by atoms with E-state index in [2.05, 4.69) is 14.8 Å². The number of ether oxygens (including phenoxy) is 3. The molecule has 2 aromatic rings. The molecular weight excluding hydrogens is 366 g/mol. The molecule has 0 saturated heterocycles. The topological polar surface area (TPSA) is 108 Å². The Balaban J connectivity index is 2.16. The average molecular weight is 385 g/mol. The lowest BCUT2D eigenvalue weighted by atomic mass is 10.1. The molecule has 1 amide bonds. The van der Waals surface area contributed by atoms with Crippen LogP contribution in [0.2, 0.25) is 0 Å². The van der Waals surface area contributed by atoms with E-state index in [0.29, 0.717) is 5.56 Å². The van der Waals surface area contributed by atoms with E-state index in [9.17, 15) is 19.2 Å². The molecule has 0 bridgehead atoms. The van der Waals surface area contributed by atoms with Crippen molar-refractivity contribution in [2.75, 3.05) is 26.1 Å². The number of anilines is 1. The third-order valence-electron chi connectivity index (χ3n) is 3.68. The Morgan fingerprint density at radius 1 is 0.893 bits per heavy atom. The predicted molar refractivity (Wildman–Crippen MR) is 99.7 cm³/mol. The molecule has 8 heteroatoms.